The van der Waals surface area contributed by atoms with Gasteiger partial charge in [-0.3, -0.25) is 29.0 Å². The van der Waals surface area contributed by atoms with Crippen molar-refractivity contribution in [3.05, 3.63) is 59.4 Å². The second-order valence-corrected chi connectivity index (χ2v) is 19.2. The quantitative estimate of drug-likeness (QED) is 0.343. The van der Waals surface area contributed by atoms with E-state index in [4.69, 9.17) is 0 Å². The molecule has 10 atom stereocenters. The van der Waals surface area contributed by atoms with E-state index >= 15 is 4.39 Å². The van der Waals surface area contributed by atoms with Crippen molar-refractivity contribution in [3.8, 4) is 0 Å². The van der Waals surface area contributed by atoms with E-state index in [-0.39, 0.29) is 17.9 Å². The lowest BCUT2D eigenvalue weighted by Crippen LogP contribution is -2.78. The average Bonchev–Trinajstić information content (AvgIpc) is 3.75. The van der Waals surface area contributed by atoms with Gasteiger partial charge in [-0.05, 0) is 69.8 Å². The molecule has 2 aromatic rings. The van der Waals surface area contributed by atoms with Crippen molar-refractivity contribution < 1.29 is 33.8 Å². The van der Waals surface area contributed by atoms with Gasteiger partial charge in [0.15, 0.2) is 9.74 Å². The molecule has 4 N–H and O–H groups in total. The zero-order valence-corrected chi connectivity index (χ0v) is 29.9. The van der Waals surface area contributed by atoms with Crippen LogP contribution in [0.3, 0.4) is 0 Å². The maximum atomic E-state index is 15.7. The van der Waals surface area contributed by atoms with Crippen molar-refractivity contribution in [2.75, 3.05) is 24.7 Å². The van der Waals surface area contributed by atoms with Crippen LogP contribution in [0.4, 0.5) is 15.8 Å². The number of fused-ring (bicyclic) bond motifs is 11. The van der Waals surface area contributed by atoms with E-state index in [9.17, 15) is 29.4 Å². The minimum atomic E-state index is -1.89. The molecule has 49 heavy (non-hydrogen) atoms. The fraction of sp³-hybridized carbons (Fsp3) is 0.500. The van der Waals surface area contributed by atoms with E-state index in [1.165, 1.54) is 59.4 Å². The number of anilines is 2. The number of carbonyl (C=O) groups excluding carboxylic acids is 4. The molecule has 10 aliphatic rings. The van der Waals surface area contributed by atoms with Gasteiger partial charge in [-0.25, -0.2) is 4.39 Å². The summed E-state index contributed by atoms with van der Waals surface area (Å²) in [5.41, 5.74) is -1.97. The first-order valence-corrected chi connectivity index (χ1v) is 20.4. The van der Waals surface area contributed by atoms with Gasteiger partial charge in [0.25, 0.3) is 23.6 Å². The van der Waals surface area contributed by atoms with Gasteiger partial charge in [-0.2, -0.15) is 0 Å². The Hall–Kier alpha value is -2.83. The standard InChI is InChI=1S/C32H31FN6O6S4/c1-5-27-23(42)38-21-29(15-9-7-8-10-17(15)34-21,19(40)31(38,48-46-27)25(44)36(27)3)30-16-13-14(33)11-12-18(16)35-22(30)39-24(43)28(6-2)37(4)26(45)32(39,20(30)41)49-47-28/h7-13,19-22,34-35,40-41H,5-6H2,1-4H3/t19-,20-,21+,22+,27-,28-,29+,30+,31-,32-/m0/s1. The highest BCUT2D eigenvalue weighted by atomic mass is 33.1. The van der Waals surface area contributed by atoms with E-state index in [0.29, 0.717) is 23.4 Å². The molecular formula is C32H31FN6O6S4. The third kappa shape index (κ3) is 2.65. The number of piperazine rings is 2. The second-order valence-electron chi connectivity index (χ2n) is 14.0. The van der Waals surface area contributed by atoms with Gasteiger partial charge in [-0.1, -0.05) is 53.6 Å². The number of carbonyl (C=O) groups is 4. The van der Waals surface area contributed by atoms with Crippen LogP contribution < -0.4 is 10.6 Å². The minimum absolute atomic E-state index is 0.251. The number of hydrogen-bond acceptors (Lipinski definition) is 12. The highest BCUT2D eigenvalue weighted by Crippen LogP contribution is 2.79. The number of aliphatic hydroxyl groups is 2. The molecule has 12 nitrogen and oxygen atoms in total. The van der Waals surface area contributed by atoms with Crippen LogP contribution in [0, 0.1) is 5.82 Å². The molecule has 4 amide bonds. The highest BCUT2D eigenvalue weighted by Gasteiger charge is 2.93. The molecule has 2 aromatic carbocycles. The first-order valence-electron chi connectivity index (χ1n) is 16.1. The lowest BCUT2D eigenvalue weighted by molar-refractivity contribution is -0.167. The molecule has 12 rings (SSSR count). The summed E-state index contributed by atoms with van der Waals surface area (Å²) in [6.45, 7) is 3.66. The molecule has 0 radical (unpaired) electrons. The molecule has 10 aliphatic heterocycles. The smallest absolute Gasteiger partial charge is 0.264 e. The normalized spacial score (nSPS) is 44.9. The summed E-state index contributed by atoms with van der Waals surface area (Å²) >= 11 is 0. The van der Waals surface area contributed by atoms with Crippen LogP contribution in [-0.4, -0.2) is 112 Å². The summed E-state index contributed by atoms with van der Waals surface area (Å²) in [5.74, 6) is -2.36. The van der Waals surface area contributed by atoms with Gasteiger partial charge in [0.1, 0.15) is 30.4 Å². The first kappa shape index (κ1) is 30.9. The number of nitrogens with zero attached hydrogens (tertiary/aromatic N) is 4. The third-order valence-corrected chi connectivity index (χ3v) is 20.3. The minimum Gasteiger partial charge on any atom is -0.388 e. The maximum Gasteiger partial charge on any atom is 0.264 e. The van der Waals surface area contributed by atoms with Crippen molar-refractivity contribution in [1.82, 2.24) is 19.6 Å². The molecule has 8 fully saturated rings. The monoisotopic (exact) mass is 742 g/mol. The molecule has 10 heterocycles. The Bertz CT molecular complexity index is 2000. The number of nitrogens with one attached hydrogen (secondary N) is 2. The summed E-state index contributed by atoms with van der Waals surface area (Å²) < 4.78 is 15.7. The van der Waals surface area contributed by atoms with Crippen LogP contribution in [-0.2, 0) is 30.0 Å². The summed E-state index contributed by atoms with van der Waals surface area (Å²) in [5, 5.41) is 33.6. The number of halogens is 1. The number of aliphatic hydroxyl groups excluding tert-OH is 2. The Balaban J connectivity index is 1.35. The SMILES string of the molecule is CC[C@@]12SS[C@]3(C(=O)N1C)[C@@H](O)[C@]1([C@@]45c6cc(F)ccc6N[C@@H]4N4C(=O)[C@]6(CC)SS[C@]4(C(=O)N6C)[C@H]5O)c4ccccc4N[C@@H]1N3C2=O. The van der Waals surface area contributed by atoms with Gasteiger partial charge in [0.05, 0.1) is 10.8 Å². The maximum absolute atomic E-state index is 15.7. The van der Waals surface area contributed by atoms with E-state index in [1.807, 2.05) is 13.8 Å². The van der Waals surface area contributed by atoms with Gasteiger partial charge >= 0.3 is 0 Å². The number of rotatable bonds is 3. The van der Waals surface area contributed by atoms with Crippen molar-refractivity contribution in [2.45, 2.75) is 81.5 Å². The van der Waals surface area contributed by atoms with Gasteiger partial charge in [-0.15, -0.1) is 0 Å². The van der Waals surface area contributed by atoms with Gasteiger partial charge < -0.3 is 30.6 Å². The predicted molar refractivity (Wildman–Crippen MR) is 184 cm³/mol. The van der Waals surface area contributed by atoms with Crippen LogP contribution in [0.25, 0.3) is 0 Å². The topological polar surface area (TPSA) is 146 Å². The molecule has 8 saturated heterocycles. The highest BCUT2D eigenvalue weighted by molar-refractivity contribution is 8.78. The Morgan fingerprint density at radius 2 is 1.16 bits per heavy atom. The molecule has 0 unspecified atom stereocenters. The zero-order valence-electron chi connectivity index (χ0n) is 26.6. The molecule has 0 aromatic heterocycles. The Morgan fingerprint density at radius 3 is 1.67 bits per heavy atom. The zero-order chi connectivity index (χ0) is 34.4. The van der Waals surface area contributed by atoms with Crippen molar-refractivity contribution >= 4 is 78.2 Å². The summed E-state index contributed by atoms with van der Waals surface area (Å²) in [6, 6.07) is 11.2. The summed E-state index contributed by atoms with van der Waals surface area (Å²) in [4.78, 5) is 58.7. The first-order chi connectivity index (χ1) is 23.3. The van der Waals surface area contributed by atoms with E-state index in [0.717, 1.165) is 21.6 Å². The fourth-order valence-corrected chi connectivity index (χ4v) is 18.4. The van der Waals surface area contributed by atoms with Crippen molar-refractivity contribution in [1.29, 1.82) is 0 Å². The van der Waals surface area contributed by atoms with Gasteiger partial charge in [0.2, 0.25) is 9.74 Å². The Morgan fingerprint density at radius 1 is 0.694 bits per heavy atom. The second kappa shape index (κ2) is 8.96. The van der Waals surface area contributed by atoms with Crippen LogP contribution in [0.15, 0.2) is 42.5 Å². The molecule has 17 heteroatoms. The number of para-hydroxylation sites is 1. The Labute approximate surface area is 296 Å². The summed E-state index contributed by atoms with van der Waals surface area (Å²) in [7, 11) is 7.81. The molecular weight excluding hydrogens is 712 g/mol. The number of amides is 4. The van der Waals surface area contributed by atoms with Crippen LogP contribution in [0.5, 0.6) is 0 Å². The molecule has 0 aliphatic carbocycles. The molecule has 0 saturated carbocycles. The van der Waals surface area contributed by atoms with Crippen molar-refractivity contribution in [2.24, 2.45) is 0 Å². The molecule has 4 bridgehead atoms. The summed E-state index contributed by atoms with van der Waals surface area (Å²) in [6.07, 6.45) is -5.22. The average molecular weight is 743 g/mol. The third-order valence-electron chi connectivity index (χ3n) is 12.8. The fourth-order valence-electron chi connectivity index (χ4n) is 10.5. The van der Waals surface area contributed by atoms with Crippen LogP contribution in [0.1, 0.15) is 37.8 Å². The van der Waals surface area contributed by atoms with Crippen LogP contribution >= 0.6 is 43.2 Å². The largest absolute Gasteiger partial charge is 0.388 e. The molecule has 2 spiro atoms. The Kier molecular flexibility index (Phi) is 5.66. The van der Waals surface area contributed by atoms with Crippen LogP contribution in [0.2, 0.25) is 0 Å². The van der Waals surface area contributed by atoms with Crippen molar-refractivity contribution in [3.63, 3.8) is 0 Å². The number of likely N-dealkylation sites (N-methyl/N-ethyl adjacent to an activating group) is 2. The van der Waals surface area contributed by atoms with E-state index in [2.05, 4.69) is 10.6 Å². The lowest BCUT2D eigenvalue weighted by atomic mass is 9.52. The van der Waals surface area contributed by atoms with E-state index < -0.39 is 78.4 Å². The van der Waals surface area contributed by atoms with Gasteiger partial charge in [0, 0.05) is 25.5 Å². The lowest BCUT2D eigenvalue weighted by Gasteiger charge is -2.59. The predicted octanol–water partition coefficient (Wildman–Crippen LogP) is 2.25. The van der Waals surface area contributed by atoms with E-state index in [1.54, 1.807) is 38.4 Å². The number of hydrogen-bond donors (Lipinski definition) is 4. The molecule has 256 valence electrons. The number of benzene rings is 2.